The first kappa shape index (κ1) is 19.8. The number of piperidine rings is 1. The molecule has 0 aromatic carbocycles. The van der Waals surface area contributed by atoms with Gasteiger partial charge in [-0.15, -0.1) is 0 Å². The number of hydrogen-bond acceptors (Lipinski definition) is 7. The Morgan fingerprint density at radius 1 is 1.17 bits per heavy atom. The fraction of sp³-hybridized carbons (Fsp3) is 0.619. The highest BCUT2D eigenvalue weighted by Crippen LogP contribution is 2.23. The zero-order chi connectivity index (χ0) is 20.2. The number of ether oxygens (including phenoxy) is 1. The lowest BCUT2D eigenvalue weighted by molar-refractivity contribution is -0.147. The molecule has 0 bridgehead atoms. The van der Waals surface area contributed by atoms with Gasteiger partial charge < -0.3 is 15.0 Å². The topological polar surface area (TPSA) is 89.3 Å². The molecule has 8 nitrogen and oxygen atoms in total. The summed E-state index contributed by atoms with van der Waals surface area (Å²) in [5.74, 6) is 0.150. The van der Waals surface area contributed by atoms with E-state index in [9.17, 15) is 9.59 Å². The molecule has 0 spiro atoms. The van der Waals surface area contributed by atoms with Crippen LogP contribution in [0.4, 0.5) is 5.82 Å². The van der Waals surface area contributed by atoms with Crippen LogP contribution in [0.3, 0.4) is 0 Å². The maximum absolute atomic E-state index is 12.7. The molecule has 2 aliphatic rings. The van der Waals surface area contributed by atoms with Gasteiger partial charge in [-0.2, -0.15) is 5.10 Å². The minimum absolute atomic E-state index is 0.171. The van der Waals surface area contributed by atoms with E-state index in [0.717, 1.165) is 38.3 Å². The van der Waals surface area contributed by atoms with Gasteiger partial charge in [0.1, 0.15) is 11.5 Å². The molecule has 0 aliphatic carbocycles. The molecule has 156 valence electrons. The van der Waals surface area contributed by atoms with Gasteiger partial charge in [0.05, 0.1) is 11.3 Å². The fourth-order valence-electron chi connectivity index (χ4n) is 4.18. The summed E-state index contributed by atoms with van der Waals surface area (Å²) < 4.78 is 6.92. The number of carbonyl (C=O) groups excluding carboxylic acids is 2. The monoisotopic (exact) mass is 399 g/mol. The molecular formula is C21H29N5O3. The van der Waals surface area contributed by atoms with Crippen LogP contribution in [0.1, 0.15) is 49.0 Å². The average molecular weight is 399 g/mol. The average Bonchev–Trinajstić information content (AvgIpc) is 2.92. The molecule has 1 N–H and O–H groups in total. The number of ketones is 1. The molecule has 8 heteroatoms. The fourth-order valence-corrected chi connectivity index (χ4v) is 4.18. The van der Waals surface area contributed by atoms with Crippen LogP contribution in [0.2, 0.25) is 0 Å². The number of fused-ring (bicyclic) bond motifs is 1. The number of aryl methyl sites for hydroxylation is 1. The second-order valence-corrected chi connectivity index (χ2v) is 7.99. The highest BCUT2D eigenvalue weighted by Gasteiger charge is 2.25. The third-order valence-corrected chi connectivity index (χ3v) is 5.84. The second kappa shape index (κ2) is 8.90. The molecule has 0 amide bonds. The molecule has 29 heavy (non-hydrogen) atoms. The smallest absolute Gasteiger partial charge is 0.310 e. The molecule has 2 aliphatic heterocycles. The van der Waals surface area contributed by atoms with Crippen LogP contribution in [-0.4, -0.2) is 59.3 Å². The number of esters is 1. The van der Waals surface area contributed by atoms with Gasteiger partial charge in [-0.25, -0.2) is 9.67 Å². The summed E-state index contributed by atoms with van der Waals surface area (Å²) >= 11 is 0. The van der Waals surface area contributed by atoms with Crippen LogP contribution in [0.25, 0.3) is 11.0 Å². The van der Waals surface area contributed by atoms with E-state index in [1.165, 1.54) is 25.7 Å². The normalized spacial score (nSPS) is 20.4. The number of carbonyl (C=O) groups is 2. The zero-order valence-electron chi connectivity index (χ0n) is 17.0. The van der Waals surface area contributed by atoms with E-state index in [-0.39, 0.29) is 24.3 Å². The third kappa shape index (κ3) is 4.42. The predicted octanol–water partition coefficient (Wildman–Crippen LogP) is 2.07. The van der Waals surface area contributed by atoms with Crippen molar-refractivity contribution in [1.82, 2.24) is 20.1 Å². The number of anilines is 1. The van der Waals surface area contributed by atoms with Crippen molar-refractivity contribution in [3.05, 3.63) is 17.8 Å². The first-order valence-corrected chi connectivity index (χ1v) is 10.6. The molecule has 4 rings (SSSR count). The number of pyridine rings is 1. The molecule has 1 atom stereocenters. The Kier molecular flexibility index (Phi) is 6.08. The van der Waals surface area contributed by atoms with Crippen LogP contribution in [0, 0.1) is 5.92 Å². The molecule has 4 heterocycles. The summed E-state index contributed by atoms with van der Waals surface area (Å²) in [5, 5.41) is 8.25. The first-order valence-electron chi connectivity index (χ1n) is 10.6. The van der Waals surface area contributed by atoms with Gasteiger partial charge in [0.15, 0.2) is 12.3 Å². The van der Waals surface area contributed by atoms with Crippen LogP contribution in [0.5, 0.6) is 0 Å². The summed E-state index contributed by atoms with van der Waals surface area (Å²) in [6, 6.07) is 3.88. The van der Waals surface area contributed by atoms with Crippen LogP contribution in [-0.2, 0) is 16.6 Å². The molecule has 2 aromatic rings. The van der Waals surface area contributed by atoms with Crippen molar-refractivity contribution in [3.63, 3.8) is 0 Å². The molecule has 2 saturated heterocycles. The van der Waals surface area contributed by atoms with Crippen molar-refractivity contribution in [2.75, 3.05) is 37.7 Å². The maximum atomic E-state index is 12.7. The van der Waals surface area contributed by atoms with Gasteiger partial charge in [0, 0.05) is 26.7 Å². The Morgan fingerprint density at radius 3 is 2.69 bits per heavy atom. The van der Waals surface area contributed by atoms with Crippen molar-refractivity contribution >= 4 is 28.6 Å². The first-order chi connectivity index (χ1) is 14.1. The van der Waals surface area contributed by atoms with E-state index in [0.29, 0.717) is 23.3 Å². The molecule has 0 radical (unpaired) electrons. The number of hydrogen-bond donors (Lipinski definition) is 1. The van der Waals surface area contributed by atoms with Crippen LogP contribution >= 0.6 is 0 Å². The summed E-state index contributed by atoms with van der Waals surface area (Å²) in [5.41, 5.74) is 0.991. The molecule has 0 saturated carbocycles. The minimum Gasteiger partial charge on any atom is -0.457 e. The van der Waals surface area contributed by atoms with E-state index in [2.05, 4.69) is 15.3 Å². The van der Waals surface area contributed by atoms with Gasteiger partial charge in [0.25, 0.3) is 0 Å². The Hall–Kier alpha value is -2.48. The third-order valence-electron chi connectivity index (χ3n) is 5.84. The van der Waals surface area contributed by atoms with Gasteiger partial charge in [0.2, 0.25) is 5.78 Å². The number of nitrogens with zero attached hydrogens (tertiary/aromatic N) is 4. The van der Waals surface area contributed by atoms with Crippen LogP contribution < -0.4 is 10.2 Å². The second-order valence-electron chi connectivity index (χ2n) is 7.99. The van der Waals surface area contributed by atoms with Crippen molar-refractivity contribution in [2.24, 2.45) is 13.0 Å². The Bertz CT molecular complexity index is 880. The quantitative estimate of drug-likeness (QED) is 0.608. The zero-order valence-corrected chi connectivity index (χ0v) is 17.0. The Balaban J connectivity index is 1.47. The van der Waals surface area contributed by atoms with E-state index < -0.39 is 0 Å². The van der Waals surface area contributed by atoms with Crippen molar-refractivity contribution in [2.45, 2.75) is 38.5 Å². The lowest BCUT2D eigenvalue weighted by Crippen LogP contribution is -2.36. The van der Waals surface area contributed by atoms with Gasteiger partial charge in [-0.3, -0.25) is 9.59 Å². The molecule has 2 aromatic heterocycles. The number of rotatable bonds is 5. The van der Waals surface area contributed by atoms with Crippen molar-refractivity contribution < 1.29 is 14.3 Å². The summed E-state index contributed by atoms with van der Waals surface area (Å²) in [4.78, 5) is 32.0. The highest BCUT2D eigenvalue weighted by atomic mass is 16.5. The number of nitrogens with one attached hydrogen (secondary N) is 1. The predicted molar refractivity (Wildman–Crippen MR) is 110 cm³/mol. The van der Waals surface area contributed by atoms with Gasteiger partial charge >= 0.3 is 5.97 Å². The van der Waals surface area contributed by atoms with E-state index in [4.69, 9.17) is 9.72 Å². The molecule has 1 unspecified atom stereocenters. The van der Waals surface area contributed by atoms with E-state index in [1.54, 1.807) is 11.7 Å². The number of aromatic nitrogens is 3. The van der Waals surface area contributed by atoms with E-state index in [1.807, 2.05) is 12.1 Å². The Labute approximate surface area is 170 Å². The van der Waals surface area contributed by atoms with Crippen LogP contribution in [0.15, 0.2) is 12.1 Å². The highest BCUT2D eigenvalue weighted by molar-refractivity contribution is 6.06. The van der Waals surface area contributed by atoms with E-state index >= 15 is 0 Å². The summed E-state index contributed by atoms with van der Waals surface area (Å²) in [6.07, 6.45) is 6.63. The van der Waals surface area contributed by atoms with Gasteiger partial charge in [-0.1, -0.05) is 12.8 Å². The lowest BCUT2D eigenvalue weighted by Gasteiger charge is -2.21. The minimum atomic E-state index is -0.313. The van der Waals surface area contributed by atoms with Gasteiger partial charge in [-0.05, 0) is 44.4 Å². The van der Waals surface area contributed by atoms with Crippen molar-refractivity contribution in [3.8, 4) is 0 Å². The SMILES string of the molecule is Cn1nc(C(=O)COC(=O)C2CCCNC2)c2ccc(N3CCCCCC3)nc21. The summed E-state index contributed by atoms with van der Waals surface area (Å²) in [6.45, 7) is 3.27. The maximum Gasteiger partial charge on any atom is 0.310 e. The summed E-state index contributed by atoms with van der Waals surface area (Å²) in [7, 11) is 1.79. The number of Topliss-reactive ketones (excluding diaryl/α,β-unsaturated/α-hetero) is 1. The van der Waals surface area contributed by atoms with Crippen molar-refractivity contribution in [1.29, 1.82) is 0 Å². The standard InChI is InChI=1S/C21H29N5O3/c1-25-20-16(8-9-18(23-20)26-11-4-2-3-5-12-26)19(24-25)17(27)14-29-21(28)15-7-6-10-22-13-15/h8-9,15,22H,2-7,10-14H2,1H3. The lowest BCUT2D eigenvalue weighted by atomic mass is 10.0. The molecule has 2 fully saturated rings. The molecular weight excluding hydrogens is 370 g/mol. The Morgan fingerprint density at radius 2 is 1.97 bits per heavy atom. The largest absolute Gasteiger partial charge is 0.457 e.